The summed E-state index contributed by atoms with van der Waals surface area (Å²) in [4.78, 5) is 8.52. The lowest BCUT2D eigenvalue weighted by atomic mass is 10.2. The Labute approximate surface area is 127 Å². The van der Waals surface area contributed by atoms with Crippen LogP contribution in [0.4, 0.5) is 0 Å². The molecule has 0 amide bonds. The van der Waals surface area contributed by atoms with E-state index in [4.69, 9.17) is 0 Å². The fourth-order valence-electron chi connectivity index (χ4n) is 1.81. The number of nitrogens with zero attached hydrogens (tertiary/aromatic N) is 3. The Hall–Kier alpha value is -2.40. The second kappa shape index (κ2) is 6.85. The molecule has 0 atom stereocenters. The van der Waals surface area contributed by atoms with Crippen molar-refractivity contribution in [3.8, 4) is 11.4 Å². The van der Waals surface area contributed by atoms with E-state index in [2.05, 4.69) is 44.5 Å². The number of hydrogen-bond acceptors (Lipinski definition) is 4. The lowest BCUT2D eigenvalue weighted by Gasteiger charge is -1.93. The van der Waals surface area contributed by atoms with Gasteiger partial charge < -0.3 is 0 Å². The Morgan fingerprint density at radius 3 is 2.81 bits per heavy atom. The molecule has 104 valence electrons. The molecule has 0 spiro atoms. The normalized spacial score (nSPS) is 11.0. The number of H-pyrrole nitrogens is 1. The van der Waals surface area contributed by atoms with Crippen molar-refractivity contribution in [1.82, 2.24) is 20.2 Å². The highest BCUT2D eigenvalue weighted by Crippen LogP contribution is 2.18. The Bertz CT molecular complexity index is 707. The van der Waals surface area contributed by atoms with Crippen LogP contribution in [0.5, 0.6) is 0 Å². The fraction of sp³-hybridized carbons (Fsp3) is 0.0625. The van der Waals surface area contributed by atoms with E-state index in [-0.39, 0.29) is 0 Å². The van der Waals surface area contributed by atoms with Gasteiger partial charge in [-0.3, -0.25) is 10.1 Å². The largest absolute Gasteiger partial charge is 0.264 e. The van der Waals surface area contributed by atoms with Gasteiger partial charge in [0.1, 0.15) is 0 Å². The van der Waals surface area contributed by atoms with E-state index in [0.717, 1.165) is 22.3 Å². The van der Waals surface area contributed by atoms with E-state index in [0.29, 0.717) is 0 Å². The van der Waals surface area contributed by atoms with Gasteiger partial charge >= 0.3 is 0 Å². The van der Waals surface area contributed by atoms with Crippen LogP contribution in [-0.2, 0) is 0 Å². The topological polar surface area (TPSA) is 54.5 Å². The number of benzene rings is 1. The molecule has 0 saturated heterocycles. The molecule has 4 nitrogen and oxygen atoms in total. The van der Waals surface area contributed by atoms with Crippen molar-refractivity contribution >= 4 is 17.8 Å². The molecule has 0 aliphatic rings. The Morgan fingerprint density at radius 1 is 1.10 bits per heavy atom. The average molecular weight is 294 g/mol. The van der Waals surface area contributed by atoms with Crippen LogP contribution < -0.4 is 0 Å². The molecule has 1 aromatic carbocycles. The molecular formula is C16H14N4S. The molecule has 0 bridgehead atoms. The predicted octanol–water partition coefficient (Wildman–Crippen LogP) is 3.67. The van der Waals surface area contributed by atoms with E-state index in [1.165, 1.54) is 5.56 Å². The molecule has 0 radical (unpaired) electrons. The van der Waals surface area contributed by atoms with E-state index >= 15 is 0 Å². The molecule has 3 rings (SSSR count). The molecule has 5 heteroatoms. The first-order chi connectivity index (χ1) is 10.4. The summed E-state index contributed by atoms with van der Waals surface area (Å²) in [6.45, 7) is 0. The van der Waals surface area contributed by atoms with Crippen LogP contribution in [0.25, 0.3) is 17.5 Å². The van der Waals surface area contributed by atoms with E-state index < -0.39 is 0 Å². The first-order valence-electron chi connectivity index (χ1n) is 6.59. The molecule has 3 aromatic rings. The number of hydrogen-bond donors (Lipinski definition) is 1. The Balaban J connectivity index is 1.57. The Morgan fingerprint density at radius 2 is 2.00 bits per heavy atom. The first kappa shape index (κ1) is 13.6. The molecule has 0 aliphatic heterocycles. The maximum atomic E-state index is 4.45. The first-order valence-corrected chi connectivity index (χ1v) is 7.57. The van der Waals surface area contributed by atoms with Crippen molar-refractivity contribution in [1.29, 1.82) is 0 Å². The lowest BCUT2D eigenvalue weighted by Crippen LogP contribution is -1.81. The predicted molar refractivity (Wildman–Crippen MR) is 85.8 cm³/mol. The van der Waals surface area contributed by atoms with Gasteiger partial charge in [-0.2, -0.15) is 0 Å². The maximum absolute atomic E-state index is 4.45. The average Bonchev–Trinajstić information content (AvgIpc) is 3.02. The van der Waals surface area contributed by atoms with Crippen molar-refractivity contribution < 1.29 is 0 Å². The quantitative estimate of drug-likeness (QED) is 0.729. The minimum Gasteiger partial charge on any atom is -0.264 e. The van der Waals surface area contributed by atoms with Crippen molar-refractivity contribution in [3.63, 3.8) is 0 Å². The second-order valence-electron chi connectivity index (χ2n) is 4.33. The van der Waals surface area contributed by atoms with Gasteiger partial charge in [-0.15, -0.1) is 5.10 Å². The lowest BCUT2D eigenvalue weighted by molar-refractivity contribution is 0.975. The summed E-state index contributed by atoms with van der Waals surface area (Å²) >= 11 is 1.59. The molecule has 21 heavy (non-hydrogen) atoms. The van der Waals surface area contributed by atoms with Crippen LogP contribution >= 0.6 is 11.8 Å². The van der Waals surface area contributed by atoms with Crippen molar-refractivity contribution in [2.24, 2.45) is 0 Å². The zero-order chi connectivity index (χ0) is 14.3. The molecule has 1 N–H and O–H groups in total. The highest BCUT2D eigenvalue weighted by molar-refractivity contribution is 7.99. The third-order valence-electron chi connectivity index (χ3n) is 2.82. The summed E-state index contributed by atoms with van der Waals surface area (Å²) in [6, 6.07) is 14.1. The van der Waals surface area contributed by atoms with Gasteiger partial charge in [0.25, 0.3) is 0 Å². The third-order valence-corrected chi connectivity index (χ3v) is 3.62. The Kier molecular flexibility index (Phi) is 4.43. The zero-order valence-electron chi connectivity index (χ0n) is 11.3. The van der Waals surface area contributed by atoms with Crippen molar-refractivity contribution in [2.75, 3.05) is 5.75 Å². The van der Waals surface area contributed by atoms with Crippen LogP contribution in [0.2, 0.25) is 0 Å². The van der Waals surface area contributed by atoms with Crippen molar-refractivity contribution in [2.45, 2.75) is 5.16 Å². The minimum atomic E-state index is 0.742. The summed E-state index contributed by atoms with van der Waals surface area (Å²) in [5.41, 5.74) is 2.14. The number of aromatic nitrogens is 4. The molecule has 0 saturated carbocycles. The smallest absolute Gasteiger partial charge is 0.209 e. The minimum absolute atomic E-state index is 0.742. The number of pyridine rings is 1. The van der Waals surface area contributed by atoms with Gasteiger partial charge in [0.2, 0.25) is 5.16 Å². The number of thioether (sulfide) groups is 1. The van der Waals surface area contributed by atoms with E-state index in [1.807, 2.05) is 30.3 Å². The van der Waals surface area contributed by atoms with E-state index in [1.54, 1.807) is 24.2 Å². The van der Waals surface area contributed by atoms with Gasteiger partial charge in [-0.25, -0.2) is 4.98 Å². The molecule has 0 aliphatic carbocycles. The summed E-state index contributed by atoms with van der Waals surface area (Å²) in [7, 11) is 0. The van der Waals surface area contributed by atoms with Gasteiger partial charge in [-0.05, 0) is 17.7 Å². The molecule has 2 heterocycles. The third kappa shape index (κ3) is 3.79. The van der Waals surface area contributed by atoms with Gasteiger partial charge in [-0.1, -0.05) is 54.2 Å². The maximum Gasteiger partial charge on any atom is 0.209 e. The molecule has 0 unspecified atom stereocenters. The molecular weight excluding hydrogens is 280 g/mol. The molecule has 0 fully saturated rings. The summed E-state index contributed by atoms with van der Waals surface area (Å²) in [5.74, 6) is 1.58. The standard InChI is InChI=1S/C16H14N4S/c1-2-6-13(7-3-1)8-5-11-21-16-18-15(19-20-16)14-9-4-10-17-12-14/h1-10,12H,11H2,(H,18,19,20). The molecule has 2 aromatic heterocycles. The van der Waals surface area contributed by atoms with E-state index in [9.17, 15) is 0 Å². The SMILES string of the molecule is C(=Cc1ccccc1)CSc1n[nH]c(-c2cccnc2)n1. The summed E-state index contributed by atoms with van der Waals surface area (Å²) in [5, 5.41) is 7.88. The highest BCUT2D eigenvalue weighted by atomic mass is 32.2. The number of nitrogens with one attached hydrogen (secondary N) is 1. The van der Waals surface area contributed by atoms with Crippen molar-refractivity contribution in [3.05, 3.63) is 66.5 Å². The summed E-state index contributed by atoms with van der Waals surface area (Å²) < 4.78 is 0. The van der Waals surface area contributed by atoms with Gasteiger partial charge in [0, 0.05) is 23.7 Å². The van der Waals surface area contributed by atoms with Crippen LogP contribution in [0, 0.1) is 0 Å². The number of aromatic amines is 1. The fourth-order valence-corrected chi connectivity index (χ4v) is 2.42. The van der Waals surface area contributed by atoms with Crippen LogP contribution in [0.1, 0.15) is 5.56 Å². The van der Waals surface area contributed by atoms with Gasteiger partial charge in [0.05, 0.1) is 0 Å². The van der Waals surface area contributed by atoms with Crippen LogP contribution in [-0.4, -0.2) is 25.9 Å². The second-order valence-corrected chi connectivity index (χ2v) is 5.32. The van der Waals surface area contributed by atoms with Crippen LogP contribution in [0.15, 0.2) is 66.1 Å². The zero-order valence-corrected chi connectivity index (χ0v) is 12.1. The monoisotopic (exact) mass is 294 g/mol. The number of rotatable bonds is 5. The summed E-state index contributed by atoms with van der Waals surface area (Å²) in [6.07, 6.45) is 7.72. The van der Waals surface area contributed by atoms with Gasteiger partial charge in [0.15, 0.2) is 5.82 Å². The highest BCUT2D eigenvalue weighted by Gasteiger charge is 2.04. The van der Waals surface area contributed by atoms with Crippen LogP contribution in [0.3, 0.4) is 0 Å².